The molecule has 0 radical (unpaired) electrons. The van der Waals surface area contributed by atoms with E-state index in [0.717, 1.165) is 54.0 Å². The fraction of sp³-hybridized carbons (Fsp3) is 0.450. The molecule has 1 fully saturated rings. The van der Waals surface area contributed by atoms with Crippen LogP contribution in [0.4, 0.5) is 5.82 Å². The number of benzene rings is 1. The van der Waals surface area contributed by atoms with Crippen LogP contribution >= 0.6 is 11.8 Å². The van der Waals surface area contributed by atoms with Crippen molar-refractivity contribution in [2.24, 2.45) is 0 Å². The number of thioether (sulfide) groups is 1. The molecule has 0 amide bonds. The first-order valence-electron chi connectivity index (χ1n) is 9.34. The van der Waals surface area contributed by atoms with Crippen molar-refractivity contribution in [1.82, 2.24) is 9.97 Å². The van der Waals surface area contributed by atoms with Gasteiger partial charge in [-0.3, -0.25) is 0 Å². The minimum Gasteiger partial charge on any atom is -0.545 e. The molecular weight excluding hydrogens is 360 g/mol. The lowest BCUT2D eigenvalue weighted by Crippen LogP contribution is -3.14. The summed E-state index contributed by atoms with van der Waals surface area (Å²) in [4.78, 5) is 24.3. The molecule has 1 aromatic carbocycles. The van der Waals surface area contributed by atoms with Crippen LogP contribution in [0.15, 0.2) is 29.4 Å². The van der Waals surface area contributed by atoms with Crippen molar-refractivity contribution in [3.63, 3.8) is 0 Å². The zero-order valence-electron chi connectivity index (χ0n) is 16.1. The van der Waals surface area contributed by atoms with E-state index in [-0.39, 0.29) is 5.56 Å². The van der Waals surface area contributed by atoms with Gasteiger partial charge in [0.2, 0.25) is 0 Å². The molecule has 0 aliphatic carbocycles. The average Bonchev–Trinajstić information content (AvgIpc) is 2.69. The van der Waals surface area contributed by atoms with E-state index in [9.17, 15) is 9.90 Å². The summed E-state index contributed by atoms with van der Waals surface area (Å²) in [7, 11) is 0. The number of piperazine rings is 1. The summed E-state index contributed by atoms with van der Waals surface area (Å²) in [6, 6.07) is 6.78. The zero-order valence-corrected chi connectivity index (χ0v) is 16.9. The largest absolute Gasteiger partial charge is 0.545 e. The van der Waals surface area contributed by atoms with Gasteiger partial charge in [0.15, 0.2) is 5.16 Å². The zero-order chi connectivity index (χ0) is 19.4. The third-order valence-electron chi connectivity index (χ3n) is 5.17. The van der Waals surface area contributed by atoms with E-state index in [1.54, 1.807) is 28.8 Å². The maximum absolute atomic E-state index is 10.8. The molecule has 1 saturated heterocycles. The molecule has 6 nitrogen and oxygen atoms in total. The molecule has 3 rings (SSSR count). The summed E-state index contributed by atoms with van der Waals surface area (Å²) in [6.07, 6.45) is 0. The summed E-state index contributed by atoms with van der Waals surface area (Å²) >= 11 is 1.58. The Morgan fingerprint density at radius 1 is 1.19 bits per heavy atom. The monoisotopic (exact) mass is 386 g/mol. The van der Waals surface area contributed by atoms with Crippen molar-refractivity contribution in [3.05, 3.63) is 46.6 Å². The first-order valence-corrected chi connectivity index (χ1v) is 10.3. The van der Waals surface area contributed by atoms with Crippen LogP contribution in [-0.2, 0) is 5.75 Å². The molecule has 1 aliphatic rings. The number of aromatic carboxylic acids is 1. The SMILES string of the molecule is CC[NH+]1CCN(c2nc(SCc3ccc(C(=O)[O-])cc3)nc(C)c2C)CC1. The van der Waals surface area contributed by atoms with Gasteiger partial charge in [-0.15, -0.1) is 0 Å². The molecule has 0 saturated carbocycles. The maximum atomic E-state index is 10.8. The minimum atomic E-state index is -1.15. The van der Waals surface area contributed by atoms with Crippen LogP contribution in [0.3, 0.4) is 0 Å². The van der Waals surface area contributed by atoms with Crippen molar-refractivity contribution in [3.8, 4) is 0 Å². The predicted octanol–water partition coefficient (Wildman–Crippen LogP) is 0.474. The fourth-order valence-electron chi connectivity index (χ4n) is 3.23. The number of rotatable bonds is 6. The number of aryl methyl sites for hydroxylation is 1. The van der Waals surface area contributed by atoms with Gasteiger partial charge < -0.3 is 19.7 Å². The maximum Gasteiger partial charge on any atom is 0.190 e. The normalized spacial score (nSPS) is 15.1. The molecule has 2 heterocycles. The van der Waals surface area contributed by atoms with E-state index >= 15 is 0 Å². The van der Waals surface area contributed by atoms with Gasteiger partial charge in [-0.25, -0.2) is 9.97 Å². The second-order valence-corrected chi connectivity index (χ2v) is 7.85. The van der Waals surface area contributed by atoms with Crippen LogP contribution < -0.4 is 14.9 Å². The quantitative estimate of drug-likeness (QED) is 0.575. The lowest BCUT2D eigenvalue weighted by Gasteiger charge is -2.33. The van der Waals surface area contributed by atoms with Crippen LogP contribution in [0.2, 0.25) is 0 Å². The lowest BCUT2D eigenvalue weighted by molar-refractivity contribution is -0.898. The molecule has 0 bridgehead atoms. The van der Waals surface area contributed by atoms with Gasteiger partial charge >= 0.3 is 0 Å². The summed E-state index contributed by atoms with van der Waals surface area (Å²) in [5.41, 5.74) is 3.40. The highest BCUT2D eigenvalue weighted by atomic mass is 32.2. The highest BCUT2D eigenvalue weighted by Gasteiger charge is 2.22. The summed E-state index contributed by atoms with van der Waals surface area (Å²) in [5, 5.41) is 11.6. The molecule has 1 N–H and O–H groups in total. The van der Waals surface area contributed by atoms with Crippen molar-refractivity contribution >= 4 is 23.5 Å². The van der Waals surface area contributed by atoms with E-state index in [1.807, 2.05) is 19.1 Å². The van der Waals surface area contributed by atoms with Gasteiger partial charge in [0, 0.05) is 17.0 Å². The minimum absolute atomic E-state index is 0.196. The van der Waals surface area contributed by atoms with E-state index < -0.39 is 5.97 Å². The Bertz CT molecular complexity index is 802. The Hall–Kier alpha value is -2.12. The molecule has 27 heavy (non-hydrogen) atoms. The molecule has 0 unspecified atom stereocenters. The molecule has 7 heteroatoms. The van der Waals surface area contributed by atoms with Crippen molar-refractivity contribution in [2.45, 2.75) is 31.7 Å². The Labute approximate surface area is 164 Å². The second-order valence-electron chi connectivity index (χ2n) is 6.90. The number of likely N-dealkylation sites (N-methyl/N-ethyl adjacent to an activating group) is 1. The first-order chi connectivity index (χ1) is 13.0. The van der Waals surface area contributed by atoms with E-state index in [2.05, 4.69) is 23.7 Å². The van der Waals surface area contributed by atoms with Gasteiger partial charge in [0.1, 0.15) is 5.82 Å². The van der Waals surface area contributed by atoms with Gasteiger partial charge in [-0.1, -0.05) is 36.0 Å². The Morgan fingerprint density at radius 2 is 1.85 bits per heavy atom. The molecule has 2 aromatic rings. The number of carbonyl (C=O) groups is 1. The van der Waals surface area contributed by atoms with E-state index in [1.165, 1.54) is 6.54 Å². The van der Waals surface area contributed by atoms with Gasteiger partial charge in [0.25, 0.3) is 0 Å². The van der Waals surface area contributed by atoms with E-state index in [4.69, 9.17) is 4.98 Å². The van der Waals surface area contributed by atoms with Crippen LogP contribution in [-0.4, -0.2) is 48.7 Å². The molecule has 0 atom stereocenters. The summed E-state index contributed by atoms with van der Waals surface area (Å²) in [6.45, 7) is 11.9. The Balaban J connectivity index is 1.71. The van der Waals surface area contributed by atoms with Crippen LogP contribution in [0.1, 0.15) is 34.1 Å². The van der Waals surface area contributed by atoms with Crippen molar-refractivity contribution in [1.29, 1.82) is 0 Å². The number of carbonyl (C=O) groups excluding carboxylic acids is 1. The summed E-state index contributed by atoms with van der Waals surface area (Å²) < 4.78 is 0. The van der Waals surface area contributed by atoms with Gasteiger partial charge in [-0.2, -0.15) is 0 Å². The number of hydrogen-bond acceptors (Lipinski definition) is 6. The third kappa shape index (κ3) is 4.78. The molecule has 0 spiro atoms. The average molecular weight is 387 g/mol. The molecular formula is C20H26N4O2S. The topological polar surface area (TPSA) is 73.6 Å². The standard InChI is InChI=1S/C20H26N4O2S/c1-4-23-9-11-24(12-10-23)18-14(2)15(3)21-20(22-18)27-13-16-5-7-17(8-6-16)19(25)26/h5-8H,4,9-13H2,1-3H3,(H,25,26). The van der Waals surface area contributed by atoms with Crippen LogP contribution in [0, 0.1) is 13.8 Å². The number of anilines is 1. The van der Waals surface area contributed by atoms with Crippen LogP contribution in [0.25, 0.3) is 0 Å². The number of nitrogens with zero attached hydrogens (tertiary/aromatic N) is 3. The molecule has 144 valence electrons. The molecule has 1 aliphatic heterocycles. The van der Waals surface area contributed by atoms with Crippen molar-refractivity contribution < 1.29 is 14.8 Å². The predicted molar refractivity (Wildman–Crippen MR) is 105 cm³/mol. The van der Waals surface area contributed by atoms with Crippen molar-refractivity contribution in [2.75, 3.05) is 37.6 Å². The summed E-state index contributed by atoms with van der Waals surface area (Å²) in [5.74, 6) is 0.594. The Kier molecular flexibility index (Phi) is 6.34. The smallest absolute Gasteiger partial charge is 0.190 e. The van der Waals surface area contributed by atoms with Gasteiger partial charge in [0.05, 0.1) is 38.7 Å². The fourth-order valence-corrected chi connectivity index (χ4v) is 4.07. The number of hydrogen-bond donors (Lipinski definition) is 1. The highest BCUT2D eigenvalue weighted by molar-refractivity contribution is 7.98. The Morgan fingerprint density at radius 3 is 2.44 bits per heavy atom. The number of carboxylic acid groups (broad SMARTS) is 1. The van der Waals surface area contributed by atoms with Gasteiger partial charge in [-0.05, 0) is 31.9 Å². The van der Waals surface area contributed by atoms with E-state index in [0.29, 0.717) is 5.75 Å². The number of quaternary nitrogens is 1. The lowest BCUT2D eigenvalue weighted by atomic mass is 10.1. The molecule has 1 aromatic heterocycles. The van der Waals surface area contributed by atoms with Crippen LogP contribution in [0.5, 0.6) is 0 Å². The number of carboxylic acids is 1. The highest BCUT2D eigenvalue weighted by Crippen LogP contribution is 2.26. The number of aromatic nitrogens is 2. The number of nitrogens with one attached hydrogen (secondary N) is 1. The third-order valence-corrected chi connectivity index (χ3v) is 6.09. The second kappa shape index (κ2) is 8.71. The first kappa shape index (κ1) is 19.6.